The average Bonchev–Trinajstić information content (AvgIpc) is 3.08. The summed E-state index contributed by atoms with van der Waals surface area (Å²) in [5, 5.41) is 3.75. The molecule has 0 spiro atoms. The molecule has 10 heteroatoms. The molecule has 1 aliphatic heterocycles. The lowest BCUT2D eigenvalue weighted by Crippen LogP contribution is -2.48. The second-order valence-electron chi connectivity index (χ2n) is 7.19. The lowest BCUT2D eigenvalue weighted by atomic mass is 10.2. The van der Waals surface area contributed by atoms with E-state index >= 15 is 0 Å². The molecular weight excluding hydrogens is 446 g/mol. The van der Waals surface area contributed by atoms with Gasteiger partial charge in [-0.25, -0.2) is 13.4 Å². The lowest BCUT2D eigenvalue weighted by molar-refractivity contribution is -0.0440. The summed E-state index contributed by atoms with van der Waals surface area (Å²) in [6.07, 6.45) is -0.384. The zero-order chi connectivity index (χ0) is 21.5. The van der Waals surface area contributed by atoms with Crippen molar-refractivity contribution in [2.24, 2.45) is 0 Å². The van der Waals surface area contributed by atoms with E-state index in [9.17, 15) is 13.2 Å². The van der Waals surface area contributed by atoms with Crippen LogP contribution in [-0.2, 0) is 14.8 Å². The first kappa shape index (κ1) is 21.2. The van der Waals surface area contributed by atoms with Gasteiger partial charge in [0.1, 0.15) is 0 Å². The van der Waals surface area contributed by atoms with Gasteiger partial charge in [0, 0.05) is 23.7 Å². The van der Waals surface area contributed by atoms with Gasteiger partial charge in [-0.3, -0.25) is 10.1 Å². The fraction of sp³-hybridized carbons (Fsp3) is 0.300. The van der Waals surface area contributed by atoms with Gasteiger partial charge in [-0.15, -0.1) is 0 Å². The van der Waals surface area contributed by atoms with Crippen molar-refractivity contribution in [3.63, 3.8) is 0 Å². The molecule has 1 saturated heterocycles. The third-order valence-electron chi connectivity index (χ3n) is 4.69. The number of carbonyl (C=O) groups is 1. The SMILES string of the molecule is CC1CN(S(=O)(=O)c2cccc(C(=O)Nc3nc4ccc(Cl)cc4s3)c2)CC(C)O1. The summed E-state index contributed by atoms with van der Waals surface area (Å²) in [5.74, 6) is -0.430. The number of rotatable bonds is 4. The Bertz CT molecular complexity index is 1200. The molecule has 3 aromatic rings. The van der Waals surface area contributed by atoms with Crippen molar-refractivity contribution < 1.29 is 17.9 Å². The highest BCUT2D eigenvalue weighted by molar-refractivity contribution is 7.89. The third kappa shape index (κ3) is 4.35. The van der Waals surface area contributed by atoms with Crippen LogP contribution >= 0.6 is 22.9 Å². The molecule has 1 amide bonds. The Morgan fingerprint density at radius 2 is 1.93 bits per heavy atom. The number of anilines is 1. The number of ether oxygens (including phenoxy) is 1. The number of nitrogens with zero attached hydrogens (tertiary/aromatic N) is 2. The number of halogens is 1. The summed E-state index contributed by atoms with van der Waals surface area (Å²) in [6.45, 7) is 4.23. The van der Waals surface area contributed by atoms with Crippen LogP contribution in [0.4, 0.5) is 5.13 Å². The Kier molecular flexibility index (Phi) is 5.82. The number of fused-ring (bicyclic) bond motifs is 1. The zero-order valence-electron chi connectivity index (χ0n) is 16.3. The predicted molar refractivity (Wildman–Crippen MR) is 118 cm³/mol. The molecule has 1 fully saturated rings. The van der Waals surface area contributed by atoms with Crippen molar-refractivity contribution in [1.29, 1.82) is 0 Å². The summed E-state index contributed by atoms with van der Waals surface area (Å²) >= 11 is 7.29. The van der Waals surface area contributed by atoms with E-state index < -0.39 is 15.9 Å². The van der Waals surface area contributed by atoms with Gasteiger partial charge in [-0.05, 0) is 50.2 Å². The third-order valence-corrected chi connectivity index (χ3v) is 7.69. The Morgan fingerprint density at radius 3 is 2.67 bits per heavy atom. The molecule has 2 aromatic carbocycles. The molecule has 4 rings (SSSR count). The molecule has 2 unspecified atom stereocenters. The molecule has 0 bridgehead atoms. The van der Waals surface area contributed by atoms with Gasteiger partial charge in [0.15, 0.2) is 5.13 Å². The van der Waals surface area contributed by atoms with Gasteiger partial charge in [-0.1, -0.05) is 29.0 Å². The average molecular weight is 466 g/mol. The lowest BCUT2D eigenvalue weighted by Gasteiger charge is -2.34. The number of carbonyl (C=O) groups excluding carboxylic acids is 1. The van der Waals surface area contributed by atoms with E-state index in [0.717, 1.165) is 10.2 Å². The predicted octanol–water partition coefficient (Wildman–Crippen LogP) is 4.00. The molecule has 0 radical (unpaired) electrons. The molecule has 1 N–H and O–H groups in total. The maximum absolute atomic E-state index is 13.1. The molecule has 2 heterocycles. The van der Waals surface area contributed by atoms with Crippen LogP contribution in [0, 0.1) is 0 Å². The largest absolute Gasteiger partial charge is 0.373 e. The first-order valence-corrected chi connectivity index (χ1v) is 12.0. The van der Waals surface area contributed by atoms with Crippen LogP contribution in [0.2, 0.25) is 5.02 Å². The molecule has 7 nitrogen and oxygen atoms in total. The number of nitrogens with one attached hydrogen (secondary N) is 1. The molecule has 2 atom stereocenters. The number of hydrogen-bond donors (Lipinski definition) is 1. The maximum atomic E-state index is 13.1. The van der Waals surface area contributed by atoms with Crippen molar-refractivity contribution >= 4 is 54.2 Å². The van der Waals surface area contributed by atoms with Crippen LogP contribution in [0.3, 0.4) is 0 Å². The topological polar surface area (TPSA) is 88.6 Å². The van der Waals surface area contributed by atoms with E-state index in [2.05, 4.69) is 10.3 Å². The van der Waals surface area contributed by atoms with Crippen LogP contribution in [0.1, 0.15) is 24.2 Å². The normalized spacial score (nSPS) is 20.4. The van der Waals surface area contributed by atoms with Crippen molar-refractivity contribution in [2.45, 2.75) is 31.0 Å². The van der Waals surface area contributed by atoms with Gasteiger partial charge in [0.2, 0.25) is 10.0 Å². The fourth-order valence-electron chi connectivity index (χ4n) is 3.40. The number of sulfonamides is 1. The zero-order valence-corrected chi connectivity index (χ0v) is 18.7. The molecule has 30 heavy (non-hydrogen) atoms. The molecular formula is C20H20ClN3O4S2. The molecule has 1 aromatic heterocycles. The minimum atomic E-state index is -3.74. The Labute approximate surface area is 183 Å². The first-order chi connectivity index (χ1) is 14.2. The molecule has 0 saturated carbocycles. The summed E-state index contributed by atoms with van der Waals surface area (Å²) in [7, 11) is -3.74. The van der Waals surface area contributed by atoms with Gasteiger partial charge >= 0.3 is 0 Å². The highest BCUT2D eigenvalue weighted by Crippen LogP contribution is 2.29. The van der Waals surface area contributed by atoms with E-state index in [1.807, 2.05) is 13.8 Å². The summed E-state index contributed by atoms with van der Waals surface area (Å²) in [4.78, 5) is 17.2. The monoisotopic (exact) mass is 465 g/mol. The van der Waals surface area contributed by atoms with Gasteiger partial charge < -0.3 is 4.74 Å². The standard InChI is InChI=1S/C20H20ClN3O4S2/c1-12-10-24(11-13(2)28-12)30(26,27)16-5-3-4-14(8-16)19(25)23-20-22-17-7-6-15(21)9-18(17)29-20/h3-9,12-13H,10-11H2,1-2H3,(H,22,23,25). The summed E-state index contributed by atoms with van der Waals surface area (Å²) in [6, 6.07) is 11.3. The number of amides is 1. The van der Waals surface area contributed by atoms with Gasteiger partial charge in [-0.2, -0.15) is 4.31 Å². The number of hydrogen-bond acceptors (Lipinski definition) is 6. The van der Waals surface area contributed by atoms with Crippen LogP contribution in [0.5, 0.6) is 0 Å². The quantitative estimate of drug-likeness (QED) is 0.629. The van der Waals surface area contributed by atoms with Crippen LogP contribution in [-0.4, -0.2) is 48.9 Å². The Hall–Kier alpha value is -2.04. The van der Waals surface area contributed by atoms with E-state index in [1.165, 1.54) is 27.8 Å². The number of morpholine rings is 1. The van der Waals surface area contributed by atoms with E-state index in [4.69, 9.17) is 16.3 Å². The fourth-order valence-corrected chi connectivity index (χ4v) is 6.17. The van der Waals surface area contributed by atoms with Gasteiger partial charge in [0.25, 0.3) is 5.91 Å². The van der Waals surface area contributed by atoms with Crippen molar-refractivity contribution in [3.8, 4) is 0 Å². The van der Waals surface area contributed by atoms with Crippen molar-refractivity contribution in [3.05, 3.63) is 53.1 Å². The second kappa shape index (κ2) is 8.24. The molecule has 0 aliphatic carbocycles. The van der Waals surface area contributed by atoms with Crippen LogP contribution in [0.25, 0.3) is 10.2 Å². The minimum absolute atomic E-state index is 0.0764. The van der Waals surface area contributed by atoms with Crippen molar-refractivity contribution in [1.82, 2.24) is 9.29 Å². The van der Waals surface area contributed by atoms with E-state index in [1.54, 1.807) is 30.3 Å². The Morgan fingerprint density at radius 1 is 1.20 bits per heavy atom. The maximum Gasteiger partial charge on any atom is 0.257 e. The van der Waals surface area contributed by atoms with Gasteiger partial charge in [0.05, 0.1) is 27.3 Å². The van der Waals surface area contributed by atoms with Crippen LogP contribution in [0.15, 0.2) is 47.4 Å². The summed E-state index contributed by atoms with van der Waals surface area (Å²) in [5.41, 5.74) is 0.967. The summed E-state index contributed by atoms with van der Waals surface area (Å²) < 4.78 is 34.0. The number of aromatic nitrogens is 1. The van der Waals surface area contributed by atoms with Crippen LogP contribution < -0.4 is 5.32 Å². The number of thiazole rings is 1. The van der Waals surface area contributed by atoms with Crippen molar-refractivity contribution in [2.75, 3.05) is 18.4 Å². The highest BCUT2D eigenvalue weighted by Gasteiger charge is 2.32. The first-order valence-electron chi connectivity index (χ1n) is 9.35. The second-order valence-corrected chi connectivity index (χ2v) is 10.6. The number of benzene rings is 2. The smallest absolute Gasteiger partial charge is 0.257 e. The minimum Gasteiger partial charge on any atom is -0.373 e. The Balaban J connectivity index is 1.56. The molecule has 158 valence electrons. The highest BCUT2D eigenvalue weighted by atomic mass is 35.5. The van der Waals surface area contributed by atoms with E-state index in [0.29, 0.717) is 10.2 Å². The van der Waals surface area contributed by atoms with E-state index in [-0.39, 0.29) is 35.8 Å². The molecule has 1 aliphatic rings.